The number of aromatic nitrogens is 1. The monoisotopic (exact) mass is 550 g/mol. The van der Waals surface area contributed by atoms with E-state index in [1.165, 1.54) is 11.1 Å². The summed E-state index contributed by atoms with van der Waals surface area (Å²) in [6.45, 7) is 2.65. The van der Waals surface area contributed by atoms with Crippen LogP contribution in [-0.4, -0.2) is 24.5 Å². The third-order valence-corrected chi connectivity index (χ3v) is 4.77. The molecule has 0 bridgehead atoms. The number of hydrogen-bond acceptors (Lipinski definition) is 3. The molecule has 0 aliphatic carbocycles. The predicted molar refractivity (Wildman–Crippen MR) is 138 cm³/mol. The summed E-state index contributed by atoms with van der Waals surface area (Å²) in [6, 6.07) is 22.4. The van der Waals surface area contributed by atoms with Crippen molar-refractivity contribution in [3.8, 4) is 0 Å². The number of hydrogen-bond donors (Lipinski definition) is 2. The third kappa shape index (κ3) is 9.25. The lowest BCUT2D eigenvalue weighted by molar-refractivity contribution is 0.107. The van der Waals surface area contributed by atoms with Crippen molar-refractivity contribution in [2.24, 2.45) is 4.99 Å². The zero-order chi connectivity index (χ0) is 21.0. The lowest BCUT2D eigenvalue weighted by atomic mass is 10.1. The zero-order valence-electron chi connectivity index (χ0n) is 17.6. The summed E-state index contributed by atoms with van der Waals surface area (Å²) in [4.78, 5) is 8.39. The molecule has 3 aromatic rings. The standard InChI is InChI=1S/C24H27ClN4O.HI/c1-26-24(27-13-12-19-10-11-23(25)28-15-19)29-16-21-8-5-9-22(14-21)18-30-17-20-6-3-2-4-7-20;/h2-11,14-15H,12-13,16-18H2,1H3,(H2,26,27,29);1H. The van der Waals surface area contributed by atoms with E-state index < -0.39 is 0 Å². The van der Waals surface area contributed by atoms with Crippen molar-refractivity contribution in [2.45, 2.75) is 26.2 Å². The first kappa shape index (κ1) is 25.1. The Labute approximate surface area is 206 Å². The van der Waals surface area contributed by atoms with Gasteiger partial charge in [-0.3, -0.25) is 4.99 Å². The Hall–Kier alpha value is -2.16. The summed E-state index contributed by atoms with van der Waals surface area (Å²) < 4.78 is 5.84. The van der Waals surface area contributed by atoms with Gasteiger partial charge in [-0.25, -0.2) is 4.98 Å². The second-order valence-electron chi connectivity index (χ2n) is 6.89. The van der Waals surface area contributed by atoms with Gasteiger partial charge in [-0.05, 0) is 34.7 Å². The Morgan fingerprint density at radius 1 is 0.903 bits per heavy atom. The van der Waals surface area contributed by atoms with Crippen LogP contribution in [0.2, 0.25) is 5.15 Å². The number of rotatable bonds is 9. The molecule has 3 rings (SSSR count). The van der Waals surface area contributed by atoms with E-state index in [4.69, 9.17) is 16.3 Å². The summed E-state index contributed by atoms with van der Waals surface area (Å²) in [6.07, 6.45) is 2.64. The molecule has 0 saturated carbocycles. The van der Waals surface area contributed by atoms with Gasteiger partial charge in [0.1, 0.15) is 5.15 Å². The van der Waals surface area contributed by atoms with Crippen molar-refractivity contribution in [1.29, 1.82) is 0 Å². The molecule has 164 valence electrons. The van der Waals surface area contributed by atoms with Gasteiger partial charge in [0.2, 0.25) is 0 Å². The first-order chi connectivity index (χ1) is 14.7. The molecule has 0 aliphatic heterocycles. The van der Waals surface area contributed by atoms with Gasteiger partial charge >= 0.3 is 0 Å². The number of benzene rings is 2. The van der Waals surface area contributed by atoms with Gasteiger partial charge in [0.25, 0.3) is 0 Å². The Balaban J connectivity index is 0.00000341. The topological polar surface area (TPSA) is 58.5 Å². The largest absolute Gasteiger partial charge is 0.372 e. The van der Waals surface area contributed by atoms with Crippen LogP contribution in [0.5, 0.6) is 0 Å². The van der Waals surface area contributed by atoms with Crippen molar-refractivity contribution >= 4 is 41.5 Å². The maximum Gasteiger partial charge on any atom is 0.191 e. The molecule has 0 atom stereocenters. The molecule has 2 N–H and O–H groups in total. The highest BCUT2D eigenvalue weighted by Crippen LogP contribution is 2.09. The molecule has 0 amide bonds. The molecule has 0 unspecified atom stereocenters. The van der Waals surface area contributed by atoms with Gasteiger partial charge in [0.05, 0.1) is 13.2 Å². The van der Waals surface area contributed by atoms with E-state index in [2.05, 4.69) is 57.0 Å². The van der Waals surface area contributed by atoms with Gasteiger partial charge in [-0.2, -0.15) is 0 Å². The highest BCUT2D eigenvalue weighted by atomic mass is 127. The lowest BCUT2D eigenvalue weighted by Crippen LogP contribution is -2.37. The minimum Gasteiger partial charge on any atom is -0.372 e. The minimum absolute atomic E-state index is 0. The number of halogens is 2. The highest BCUT2D eigenvalue weighted by Gasteiger charge is 2.01. The van der Waals surface area contributed by atoms with E-state index in [9.17, 15) is 0 Å². The van der Waals surface area contributed by atoms with E-state index in [1.54, 1.807) is 19.3 Å². The van der Waals surface area contributed by atoms with Crippen LogP contribution >= 0.6 is 35.6 Å². The van der Waals surface area contributed by atoms with Crippen molar-refractivity contribution < 1.29 is 4.74 Å². The fourth-order valence-electron chi connectivity index (χ4n) is 2.98. The summed E-state index contributed by atoms with van der Waals surface area (Å²) >= 11 is 5.82. The number of ether oxygens (including phenoxy) is 1. The molecule has 31 heavy (non-hydrogen) atoms. The molecule has 5 nitrogen and oxygen atoms in total. The van der Waals surface area contributed by atoms with Crippen LogP contribution in [0.1, 0.15) is 22.3 Å². The van der Waals surface area contributed by atoms with E-state index in [0.29, 0.717) is 24.9 Å². The molecule has 0 spiro atoms. The van der Waals surface area contributed by atoms with Crippen LogP contribution in [0.4, 0.5) is 0 Å². The van der Waals surface area contributed by atoms with Crippen molar-refractivity contribution in [3.05, 3.63) is 100 Å². The van der Waals surface area contributed by atoms with E-state index in [1.807, 2.05) is 24.3 Å². The zero-order valence-corrected chi connectivity index (χ0v) is 20.6. The normalized spacial score (nSPS) is 11.0. The average molecular weight is 551 g/mol. The van der Waals surface area contributed by atoms with Crippen molar-refractivity contribution in [2.75, 3.05) is 13.6 Å². The van der Waals surface area contributed by atoms with E-state index in [0.717, 1.165) is 30.1 Å². The SMILES string of the molecule is CN=C(NCCc1ccc(Cl)nc1)NCc1cccc(COCc2ccccc2)c1.I. The Morgan fingerprint density at radius 3 is 2.39 bits per heavy atom. The fourth-order valence-corrected chi connectivity index (χ4v) is 3.09. The average Bonchev–Trinajstić information content (AvgIpc) is 2.78. The number of aliphatic imine (C=N–C) groups is 1. The Morgan fingerprint density at radius 2 is 1.65 bits per heavy atom. The van der Waals surface area contributed by atoms with Gasteiger partial charge in [0, 0.05) is 26.3 Å². The molecule has 1 heterocycles. The van der Waals surface area contributed by atoms with Crippen LogP contribution in [-0.2, 0) is 30.9 Å². The summed E-state index contributed by atoms with van der Waals surface area (Å²) in [5, 5.41) is 7.19. The number of nitrogens with one attached hydrogen (secondary N) is 2. The fraction of sp³-hybridized carbons (Fsp3) is 0.250. The van der Waals surface area contributed by atoms with Crippen LogP contribution in [0.25, 0.3) is 0 Å². The minimum atomic E-state index is 0. The number of guanidine groups is 1. The molecule has 0 saturated heterocycles. The number of nitrogens with zero attached hydrogens (tertiary/aromatic N) is 2. The number of pyridine rings is 1. The summed E-state index contributed by atoms with van der Waals surface area (Å²) in [5.41, 5.74) is 4.65. The summed E-state index contributed by atoms with van der Waals surface area (Å²) in [5.74, 6) is 0.766. The lowest BCUT2D eigenvalue weighted by Gasteiger charge is -2.13. The highest BCUT2D eigenvalue weighted by molar-refractivity contribution is 14.0. The van der Waals surface area contributed by atoms with Gasteiger partial charge in [0.15, 0.2) is 5.96 Å². The molecule has 1 aromatic heterocycles. The molecular weight excluding hydrogens is 523 g/mol. The molecule has 2 aromatic carbocycles. The first-order valence-electron chi connectivity index (χ1n) is 9.97. The van der Waals surface area contributed by atoms with Gasteiger partial charge < -0.3 is 15.4 Å². The first-order valence-corrected chi connectivity index (χ1v) is 10.3. The van der Waals surface area contributed by atoms with Crippen molar-refractivity contribution in [1.82, 2.24) is 15.6 Å². The summed E-state index contributed by atoms with van der Waals surface area (Å²) in [7, 11) is 1.77. The van der Waals surface area contributed by atoms with Crippen LogP contribution in [0.3, 0.4) is 0 Å². The quantitative estimate of drug-likeness (QED) is 0.171. The van der Waals surface area contributed by atoms with Gasteiger partial charge in [-0.15, -0.1) is 24.0 Å². The molecule has 7 heteroatoms. The maximum atomic E-state index is 5.84. The molecule has 0 fully saturated rings. The van der Waals surface area contributed by atoms with E-state index >= 15 is 0 Å². The maximum absolute atomic E-state index is 5.84. The molecule has 0 aliphatic rings. The van der Waals surface area contributed by atoms with Crippen LogP contribution < -0.4 is 10.6 Å². The van der Waals surface area contributed by atoms with Crippen LogP contribution in [0.15, 0.2) is 77.9 Å². The Kier molecular flexibility index (Phi) is 11.3. The molecule has 0 radical (unpaired) electrons. The van der Waals surface area contributed by atoms with Crippen molar-refractivity contribution in [3.63, 3.8) is 0 Å². The Bertz CT molecular complexity index is 936. The smallest absolute Gasteiger partial charge is 0.191 e. The van der Waals surface area contributed by atoms with E-state index in [-0.39, 0.29) is 24.0 Å². The van der Waals surface area contributed by atoms with Gasteiger partial charge in [-0.1, -0.05) is 72.3 Å². The predicted octanol–water partition coefficient (Wildman–Crippen LogP) is 4.98. The van der Waals surface area contributed by atoms with Crippen LogP contribution in [0, 0.1) is 0 Å². The molecular formula is C24H28ClIN4O. The second kappa shape index (κ2) is 14.0. The third-order valence-electron chi connectivity index (χ3n) is 4.55. The second-order valence-corrected chi connectivity index (χ2v) is 7.28.